The summed E-state index contributed by atoms with van der Waals surface area (Å²) in [5, 5.41) is 6.94. The van der Waals surface area contributed by atoms with Crippen LogP contribution in [0.2, 0.25) is 0 Å². The lowest BCUT2D eigenvalue weighted by Gasteiger charge is -2.35. The van der Waals surface area contributed by atoms with Crippen molar-refractivity contribution in [1.29, 1.82) is 0 Å². The second kappa shape index (κ2) is 11.7. The summed E-state index contributed by atoms with van der Waals surface area (Å²) in [6.45, 7) is 12.0. The Labute approximate surface area is 155 Å². The maximum absolute atomic E-state index is 4.83. The van der Waals surface area contributed by atoms with Gasteiger partial charge in [-0.15, -0.1) is 0 Å². The summed E-state index contributed by atoms with van der Waals surface area (Å²) >= 11 is 0. The van der Waals surface area contributed by atoms with Crippen LogP contribution in [0.5, 0.6) is 0 Å². The van der Waals surface area contributed by atoms with Crippen LogP contribution in [-0.4, -0.2) is 74.7 Å². The first-order valence-corrected chi connectivity index (χ1v) is 10.6. The van der Waals surface area contributed by atoms with Gasteiger partial charge in [-0.3, -0.25) is 9.89 Å². The summed E-state index contributed by atoms with van der Waals surface area (Å²) in [5.74, 6) is 1.97. The van der Waals surface area contributed by atoms with Gasteiger partial charge in [0.05, 0.1) is 6.54 Å². The molecule has 1 saturated heterocycles. The van der Waals surface area contributed by atoms with E-state index in [0.717, 1.165) is 31.5 Å². The van der Waals surface area contributed by atoms with Crippen molar-refractivity contribution in [3.8, 4) is 0 Å². The molecule has 2 N–H and O–H groups in total. The normalized spacial score (nSPS) is 22.8. The van der Waals surface area contributed by atoms with Crippen LogP contribution in [0.3, 0.4) is 0 Å². The molecule has 1 aliphatic carbocycles. The third kappa shape index (κ3) is 7.95. The zero-order chi connectivity index (χ0) is 17.9. The highest BCUT2D eigenvalue weighted by atomic mass is 15.3. The molecule has 1 atom stereocenters. The first-order valence-electron chi connectivity index (χ1n) is 10.6. The van der Waals surface area contributed by atoms with E-state index in [1.165, 1.54) is 71.1 Å². The summed E-state index contributed by atoms with van der Waals surface area (Å²) in [4.78, 5) is 9.80. The summed E-state index contributed by atoms with van der Waals surface area (Å²) in [6.07, 6.45) is 9.91. The second-order valence-electron chi connectivity index (χ2n) is 7.98. The van der Waals surface area contributed by atoms with E-state index in [1.807, 2.05) is 0 Å². The molecule has 1 heterocycles. The van der Waals surface area contributed by atoms with Gasteiger partial charge in [0.15, 0.2) is 5.96 Å². The quantitative estimate of drug-likeness (QED) is 0.401. The number of aliphatic imine (C=N–C) groups is 1. The molecule has 0 aromatic heterocycles. The van der Waals surface area contributed by atoms with Crippen molar-refractivity contribution in [3.05, 3.63) is 0 Å². The SMILES string of the molecule is CCNC(=NCC(C)N1CCN(C)CC1)NCCCC1CCCCC1. The van der Waals surface area contributed by atoms with Crippen molar-refractivity contribution >= 4 is 5.96 Å². The molecule has 2 aliphatic rings. The van der Waals surface area contributed by atoms with Crippen LogP contribution in [0.25, 0.3) is 0 Å². The van der Waals surface area contributed by atoms with Gasteiger partial charge in [-0.1, -0.05) is 32.1 Å². The van der Waals surface area contributed by atoms with Crippen LogP contribution >= 0.6 is 0 Å². The third-order valence-corrected chi connectivity index (χ3v) is 5.83. The maximum atomic E-state index is 4.83. The fourth-order valence-electron chi connectivity index (χ4n) is 4.02. The van der Waals surface area contributed by atoms with Gasteiger partial charge in [0, 0.05) is 45.3 Å². The summed E-state index contributed by atoms with van der Waals surface area (Å²) in [7, 11) is 2.21. The molecule has 0 spiro atoms. The molecule has 0 radical (unpaired) electrons. The fraction of sp³-hybridized carbons (Fsp3) is 0.950. The number of guanidine groups is 1. The molecule has 2 rings (SSSR count). The van der Waals surface area contributed by atoms with Crippen molar-refractivity contribution in [2.24, 2.45) is 10.9 Å². The van der Waals surface area contributed by atoms with Crippen LogP contribution in [0.15, 0.2) is 4.99 Å². The molecule has 2 fully saturated rings. The number of hydrogen-bond acceptors (Lipinski definition) is 3. The number of piperazine rings is 1. The van der Waals surface area contributed by atoms with E-state index in [1.54, 1.807) is 0 Å². The zero-order valence-corrected chi connectivity index (χ0v) is 16.9. The third-order valence-electron chi connectivity index (χ3n) is 5.83. The molecule has 146 valence electrons. The lowest BCUT2D eigenvalue weighted by Crippen LogP contribution is -2.49. The average Bonchev–Trinajstić information content (AvgIpc) is 2.64. The largest absolute Gasteiger partial charge is 0.357 e. The summed E-state index contributed by atoms with van der Waals surface area (Å²) in [5.41, 5.74) is 0. The first kappa shape index (κ1) is 20.5. The molecular formula is C20H41N5. The van der Waals surface area contributed by atoms with Gasteiger partial charge in [0.25, 0.3) is 0 Å². The average molecular weight is 352 g/mol. The van der Waals surface area contributed by atoms with Crippen molar-refractivity contribution in [2.45, 2.75) is 64.8 Å². The van der Waals surface area contributed by atoms with Crippen molar-refractivity contribution in [2.75, 3.05) is 52.9 Å². The molecule has 0 aromatic rings. The van der Waals surface area contributed by atoms with E-state index < -0.39 is 0 Å². The molecule has 1 aliphatic heterocycles. The first-order chi connectivity index (χ1) is 12.2. The van der Waals surface area contributed by atoms with Gasteiger partial charge in [-0.05, 0) is 39.7 Å². The monoisotopic (exact) mass is 351 g/mol. The van der Waals surface area contributed by atoms with E-state index >= 15 is 0 Å². The van der Waals surface area contributed by atoms with E-state index in [0.29, 0.717) is 6.04 Å². The Kier molecular flexibility index (Phi) is 9.63. The Morgan fingerprint density at radius 2 is 1.80 bits per heavy atom. The number of hydrogen-bond donors (Lipinski definition) is 2. The van der Waals surface area contributed by atoms with Crippen LogP contribution in [-0.2, 0) is 0 Å². The minimum absolute atomic E-state index is 0.520. The Balaban J connectivity index is 1.66. The lowest BCUT2D eigenvalue weighted by atomic mass is 9.86. The van der Waals surface area contributed by atoms with E-state index in [9.17, 15) is 0 Å². The molecule has 1 unspecified atom stereocenters. The fourth-order valence-corrected chi connectivity index (χ4v) is 4.02. The number of rotatable bonds is 8. The molecular weight excluding hydrogens is 310 g/mol. The molecule has 5 nitrogen and oxygen atoms in total. The summed E-state index contributed by atoms with van der Waals surface area (Å²) in [6, 6.07) is 0.520. The van der Waals surface area contributed by atoms with Gasteiger partial charge in [0.1, 0.15) is 0 Å². The van der Waals surface area contributed by atoms with Crippen molar-refractivity contribution < 1.29 is 0 Å². The molecule has 0 bridgehead atoms. The van der Waals surface area contributed by atoms with Crippen LogP contribution in [0, 0.1) is 5.92 Å². The Morgan fingerprint density at radius 1 is 1.08 bits per heavy atom. The Hall–Kier alpha value is -0.810. The number of likely N-dealkylation sites (N-methyl/N-ethyl adjacent to an activating group) is 1. The summed E-state index contributed by atoms with van der Waals surface area (Å²) < 4.78 is 0. The zero-order valence-electron chi connectivity index (χ0n) is 16.9. The standard InChI is InChI=1S/C20H41N5/c1-4-21-20(22-12-8-11-19-9-6-5-7-10-19)23-17-18(2)25-15-13-24(3)14-16-25/h18-19H,4-17H2,1-3H3,(H2,21,22,23). The van der Waals surface area contributed by atoms with Crippen LogP contribution in [0.1, 0.15) is 58.8 Å². The Morgan fingerprint density at radius 3 is 2.48 bits per heavy atom. The Bertz CT molecular complexity index is 370. The molecule has 5 heteroatoms. The number of nitrogens with zero attached hydrogens (tertiary/aromatic N) is 3. The highest BCUT2D eigenvalue weighted by molar-refractivity contribution is 5.79. The van der Waals surface area contributed by atoms with Gasteiger partial charge >= 0.3 is 0 Å². The molecule has 0 aromatic carbocycles. The predicted octanol–water partition coefficient (Wildman–Crippen LogP) is 2.54. The minimum Gasteiger partial charge on any atom is -0.357 e. The van der Waals surface area contributed by atoms with Crippen molar-refractivity contribution in [3.63, 3.8) is 0 Å². The van der Waals surface area contributed by atoms with Gasteiger partial charge < -0.3 is 15.5 Å². The van der Waals surface area contributed by atoms with E-state index in [-0.39, 0.29) is 0 Å². The van der Waals surface area contributed by atoms with Crippen LogP contribution in [0.4, 0.5) is 0 Å². The second-order valence-corrected chi connectivity index (χ2v) is 7.98. The maximum Gasteiger partial charge on any atom is 0.191 e. The lowest BCUT2D eigenvalue weighted by molar-refractivity contribution is 0.122. The van der Waals surface area contributed by atoms with E-state index in [2.05, 4.69) is 41.3 Å². The topological polar surface area (TPSA) is 42.9 Å². The smallest absolute Gasteiger partial charge is 0.191 e. The molecule has 1 saturated carbocycles. The predicted molar refractivity (Wildman–Crippen MR) is 108 cm³/mol. The van der Waals surface area contributed by atoms with Crippen molar-refractivity contribution in [1.82, 2.24) is 20.4 Å². The van der Waals surface area contributed by atoms with Crippen LogP contribution < -0.4 is 10.6 Å². The van der Waals surface area contributed by atoms with Gasteiger partial charge in [-0.25, -0.2) is 0 Å². The number of nitrogens with one attached hydrogen (secondary N) is 2. The molecule has 0 amide bonds. The minimum atomic E-state index is 0.520. The highest BCUT2D eigenvalue weighted by Gasteiger charge is 2.18. The van der Waals surface area contributed by atoms with Gasteiger partial charge in [0.2, 0.25) is 0 Å². The van der Waals surface area contributed by atoms with Gasteiger partial charge in [-0.2, -0.15) is 0 Å². The van der Waals surface area contributed by atoms with E-state index in [4.69, 9.17) is 4.99 Å². The molecule has 25 heavy (non-hydrogen) atoms. The highest BCUT2D eigenvalue weighted by Crippen LogP contribution is 2.26.